The van der Waals surface area contributed by atoms with Crippen LogP contribution < -0.4 is 5.32 Å². The third kappa shape index (κ3) is 2.58. The molecule has 0 aromatic heterocycles. The zero-order chi connectivity index (χ0) is 9.10. The minimum Gasteiger partial charge on any atom is -0.312 e. The summed E-state index contributed by atoms with van der Waals surface area (Å²) in [6.07, 6.45) is 7.88. The van der Waals surface area contributed by atoms with E-state index >= 15 is 0 Å². The first-order chi connectivity index (χ1) is 6.38. The van der Waals surface area contributed by atoms with Crippen LogP contribution in [0.2, 0.25) is 0 Å². The Balaban J connectivity index is 0.000000980. The van der Waals surface area contributed by atoms with Crippen LogP contribution in [0.4, 0.5) is 0 Å². The molecule has 2 aliphatic rings. The van der Waals surface area contributed by atoms with Crippen molar-refractivity contribution < 1.29 is 4.79 Å². The Bertz CT molecular complexity index is 231. The topological polar surface area (TPSA) is 29.1 Å². The molecule has 1 heterocycles. The standard InChI is InChI=1S/C11H17NO.ClH/c13-11(9-4-1-2-5-9)10-6-3-7-12-8-10;/h6,9,12H,1-5,7-8H2;1H. The number of ketones is 1. The first kappa shape index (κ1) is 11.7. The minimum atomic E-state index is 0. The molecule has 2 nitrogen and oxygen atoms in total. The minimum absolute atomic E-state index is 0. The lowest BCUT2D eigenvalue weighted by Crippen LogP contribution is -2.28. The maximum atomic E-state index is 11.9. The van der Waals surface area contributed by atoms with Crippen molar-refractivity contribution in [1.29, 1.82) is 0 Å². The molecule has 0 saturated heterocycles. The Kier molecular flexibility index (Phi) is 4.63. The number of rotatable bonds is 2. The molecule has 1 aliphatic carbocycles. The second kappa shape index (κ2) is 5.52. The van der Waals surface area contributed by atoms with Gasteiger partial charge in [0.1, 0.15) is 0 Å². The lowest BCUT2D eigenvalue weighted by molar-refractivity contribution is -0.119. The Hall–Kier alpha value is -0.340. The van der Waals surface area contributed by atoms with E-state index in [-0.39, 0.29) is 12.4 Å². The van der Waals surface area contributed by atoms with Crippen molar-refractivity contribution in [3.63, 3.8) is 0 Å². The molecule has 0 amide bonds. The van der Waals surface area contributed by atoms with E-state index in [0.717, 1.165) is 37.9 Å². The van der Waals surface area contributed by atoms with Crippen LogP contribution in [0.15, 0.2) is 11.6 Å². The highest BCUT2D eigenvalue weighted by molar-refractivity contribution is 5.97. The van der Waals surface area contributed by atoms with Crippen LogP contribution in [0.3, 0.4) is 0 Å². The highest BCUT2D eigenvalue weighted by Gasteiger charge is 2.25. The summed E-state index contributed by atoms with van der Waals surface area (Å²) in [7, 11) is 0. The molecule has 2 rings (SSSR count). The smallest absolute Gasteiger partial charge is 0.162 e. The average molecular weight is 216 g/mol. The van der Waals surface area contributed by atoms with E-state index in [4.69, 9.17) is 0 Å². The summed E-state index contributed by atoms with van der Waals surface area (Å²) in [5.41, 5.74) is 1.04. The number of hydrogen-bond acceptors (Lipinski definition) is 2. The van der Waals surface area contributed by atoms with Gasteiger partial charge >= 0.3 is 0 Å². The predicted molar refractivity (Wildman–Crippen MR) is 59.8 cm³/mol. The van der Waals surface area contributed by atoms with Crippen molar-refractivity contribution in [2.24, 2.45) is 5.92 Å². The second-order valence-electron chi connectivity index (χ2n) is 4.04. The largest absolute Gasteiger partial charge is 0.312 e. The van der Waals surface area contributed by atoms with E-state index in [1.54, 1.807) is 0 Å². The first-order valence-electron chi connectivity index (χ1n) is 5.32. The van der Waals surface area contributed by atoms with Gasteiger partial charge in [0, 0.05) is 18.0 Å². The van der Waals surface area contributed by atoms with Crippen molar-refractivity contribution in [2.75, 3.05) is 13.1 Å². The Morgan fingerprint density at radius 2 is 2.07 bits per heavy atom. The van der Waals surface area contributed by atoms with Crippen molar-refractivity contribution in [1.82, 2.24) is 5.32 Å². The van der Waals surface area contributed by atoms with Gasteiger partial charge in [-0.25, -0.2) is 0 Å². The van der Waals surface area contributed by atoms with Crippen LogP contribution in [0.1, 0.15) is 32.1 Å². The molecule has 14 heavy (non-hydrogen) atoms. The number of carbonyl (C=O) groups excluding carboxylic acids is 1. The molecule has 1 fully saturated rings. The third-order valence-corrected chi connectivity index (χ3v) is 3.07. The summed E-state index contributed by atoms with van der Waals surface area (Å²) in [6.45, 7) is 1.83. The van der Waals surface area contributed by atoms with Gasteiger partial charge in [-0.3, -0.25) is 4.79 Å². The van der Waals surface area contributed by atoms with E-state index in [1.165, 1.54) is 12.8 Å². The number of hydrogen-bond donors (Lipinski definition) is 1. The molecule has 0 unspecified atom stereocenters. The van der Waals surface area contributed by atoms with Gasteiger partial charge in [0.25, 0.3) is 0 Å². The monoisotopic (exact) mass is 215 g/mol. The van der Waals surface area contributed by atoms with Gasteiger partial charge in [-0.1, -0.05) is 18.9 Å². The lowest BCUT2D eigenvalue weighted by atomic mass is 9.94. The van der Waals surface area contributed by atoms with E-state index in [9.17, 15) is 4.79 Å². The van der Waals surface area contributed by atoms with Crippen LogP contribution in [-0.4, -0.2) is 18.9 Å². The summed E-state index contributed by atoms with van der Waals surface area (Å²) < 4.78 is 0. The zero-order valence-corrected chi connectivity index (χ0v) is 9.24. The van der Waals surface area contributed by atoms with Gasteiger partial charge < -0.3 is 5.32 Å². The molecule has 0 aromatic carbocycles. The number of Topliss-reactive ketones (excluding diaryl/α,β-unsaturated/α-hetero) is 1. The number of nitrogens with one attached hydrogen (secondary N) is 1. The van der Waals surface area contributed by atoms with Crippen LogP contribution in [0, 0.1) is 5.92 Å². The van der Waals surface area contributed by atoms with Gasteiger partial charge in [-0.2, -0.15) is 0 Å². The second-order valence-corrected chi connectivity index (χ2v) is 4.04. The van der Waals surface area contributed by atoms with E-state index in [0.29, 0.717) is 11.7 Å². The van der Waals surface area contributed by atoms with E-state index < -0.39 is 0 Å². The quantitative estimate of drug-likeness (QED) is 0.765. The molecule has 1 saturated carbocycles. The van der Waals surface area contributed by atoms with Gasteiger partial charge in [0.15, 0.2) is 5.78 Å². The van der Waals surface area contributed by atoms with Crippen LogP contribution in [0.5, 0.6) is 0 Å². The molecular weight excluding hydrogens is 198 g/mol. The summed E-state index contributed by atoms with van der Waals surface area (Å²) in [4.78, 5) is 11.9. The lowest BCUT2D eigenvalue weighted by Gasteiger charge is -2.16. The predicted octanol–water partition coefficient (Wildman–Crippen LogP) is 2.09. The Labute approximate surface area is 91.6 Å². The van der Waals surface area contributed by atoms with Gasteiger partial charge in [0.2, 0.25) is 0 Å². The van der Waals surface area contributed by atoms with Crippen molar-refractivity contribution in [2.45, 2.75) is 32.1 Å². The number of halogens is 1. The fourth-order valence-corrected chi connectivity index (χ4v) is 2.28. The summed E-state index contributed by atoms with van der Waals surface area (Å²) in [5, 5.41) is 3.25. The average Bonchev–Trinajstić information content (AvgIpc) is 2.71. The van der Waals surface area contributed by atoms with Crippen molar-refractivity contribution in [3.8, 4) is 0 Å². The van der Waals surface area contributed by atoms with Gasteiger partial charge in [-0.05, 0) is 25.8 Å². The molecule has 0 bridgehead atoms. The molecule has 1 N–H and O–H groups in total. The third-order valence-electron chi connectivity index (χ3n) is 3.07. The fourth-order valence-electron chi connectivity index (χ4n) is 2.28. The van der Waals surface area contributed by atoms with Crippen LogP contribution >= 0.6 is 12.4 Å². The number of carbonyl (C=O) groups is 1. The normalized spacial score (nSPS) is 22.7. The highest BCUT2D eigenvalue weighted by Crippen LogP contribution is 2.27. The van der Waals surface area contributed by atoms with Crippen molar-refractivity contribution in [3.05, 3.63) is 11.6 Å². The Morgan fingerprint density at radius 3 is 2.64 bits per heavy atom. The fraction of sp³-hybridized carbons (Fsp3) is 0.727. The summed E-state index contributed by atoms with van der Waals surface area (Å²) in [5.74, 6) is 0.774. The molecule has 0 spiro atoms. The zero-order valence-electron chi connectivity index (χ0n) is 8.42. The van der Waals surface area contributed by atoms with Gasteiger partial charge in [-0.15, -0.1) is 12.4 Å². The molecular formula is C11H18ClNO. The van der Waals surface area contributed by atoms with Crippen LogP contribution in [-0.2, 0) is 4.79 Å². The Morgan fingerprint density at radius 1 is 1.36 bits per heavy atom. The summed E-state index contributed by atoms with van der Waals surface area (Å²) in [6, 6.07) is 0. The summed E-state index contributed by atoms with van der Waals surface area (Å²) >= 11 is 0. The molecule has 0 aromatic rings. The van der Waals surface area contributed by atoms with Crippen LogP contribution in [0.25, 0.3) is 0 Å². The molecule has 0 atom stereocenters. The van der Waals surface area contributed by atoms with E-state index in [2.05, 4.69) is 11.4 Å². The molecule has 0 radical (unpaired) electrons. The maximum absolute atomic E-state index is 11.9. The first-order valence-corrected chi connectivity index (χ1v) is 5.32. The van der Waals surface area contributed by atoms with E-state index in [1.807, 2.05) is 0 Å². The van der Waals surface area contributed by atoms with Crippen molar-refractivity contribution >= 4 is 18.2 Å². The van der Waals surface area contributed by atoms with Gasteiger partial charge in [0.05, 0.1) is 0 Å². The molecule has 1 aliphatic heterocycles. The maximum Gasteiger partial charge on any atom is 0.162 e. The SMILES string of the molecule is Cl.O=C(C1=CCCNC1)C1CCCC1. The highest BCUT2D eigenvalue weighted by atomic mass is 35.5. The molecule has 3 heteroatoms. The molecule has 80 valence electrons.